The van der Waals surface area contributed by atoms with Crippen LogP contribution in [0.3, 0.4) is 0 Å². The number of carboxylic acid groups (broad SMARTS) is 1. The zero-order chi connectivity index (χ0) is 9.56. The van der Waals surface area contributed by atoms with Crippen LogP contribution in [0.2, 0.25) is 0 Å². The van der Waals surface area contributed by atoms with Crippen LogP contribution in [-0.2, 0) is 4.79 Å². The topological polar surface area (TPSA) is 37.3 Å². The van der Waals surface area contributed by atoms with Gasteiger partial charge in [-0.3, -0.25) is 4.79 Å². The average Bonchev–Trinajstić information content (AvgIpc) is 1.96. The lowest BCUT2D eigenvalue weighted by atomic mass is 9.99. The van der Waals surface area contributed by atoms with E-state index < -0.39 is 5.97 Å². The summed E-state index contributed by atoms with van der Waals surface area (Å²) in [5.74, 6) is -0.457. The fourth-order valence-electron chi connectivity index (χ4n) is 1.09. The van der Waals surface area contributed by atoms with Crippen molar-refractivity contribution in [3.05, 3.63) is 12.7 Å². The van der Waals surface area contributed by atoms with Gasteiger partial charge in [0.1, 0.15) is 0 Å². The fourth-order valence-corrected chi connectivity index (χ4v) is 1.09. The van der Waals surface area contributed by atoms with Crippen LogP contribution in [0.5, 0.6) is 0 Å². The van der Waals surface area contributed by atoms with Crippen molar-refractivity contribution in [3.8, 4) is 0 Å². The smallest absolute Gasteiger partial charge is 0.310 e. The molecular weight excluding hydrogens is 152 g/mol. The van der Waals surface area contributed by atoms with E-state index in [0.29, 0.717) is 5.92 Å². The molecule has 0 amide bonds. The first kappa shape index (κ1) is 11.2. The maximum absolute atomic E-state index is 10.5. The van der Waals surface area contributed by atoms with Crippen LogP contribution in [0.4, 0.5) is 0 Å². The molecule has 1 unspecified atom stereocenters. The molecule has 0 aromatic rings. The van der Waals surface area contributed by atoms with Crippen molar-refractivity contribution in [2.75, 3.05) is 0 Å². The molecule has 0 saturated carbocycles. The maximum atomic E-state index is 10.5. The van der Waals surface area contributed by atoms with E-state index in [1.54, 1.807) is 0 Å². The summed E-state index contributed by atoms with van der Waals surface area (Å²) < 4.78 is 0. The summed E-state index contributed by atoms with van der Waals surface area (Å²) in [5, 5.41) is 8.67. The number of hydrogen-bond acceptors (Lipinski definition) is 1. The van der Waals surface area contributed by atoms with Crippen molar-refractivity contribution in [1.82, 2.24) is 0 Å². The van der Waals surface area contributed by atoms with E-state index in [0.717, 1.165) is 19.3 Å². The Morgan fingerprint density at radius 3 is 2.42 bits per heavy atom. The van der Waals surface area contributed by atoms with E-state index in [1.807, 2.05) is 0 Å². The monoisotopic (exact) mass is 170 g/mol. The molecule has 70 valence electrons. The first-order valence-electron chi connectivity index (χ1n) is 4.43. The molecule has 0 bridgehead atoms. The highest BCUT2D eigenvalue weighted by atomic mass is 16.4. The molecule has 0 aliphatic rings. The minimum Gasteiger partial charge on any atom is -0.481 e. The summed E-state index contributed by atoms with van der Waals surface area (Å²) in [7, 11) is 0. The van der Waals surface area contributed by atoms with Crippen molar-refractivity contribution in [2.24, 2.45) is 11.8 Å². The molecule has 0 aliphatic carbocycles. The molecule has 0 fully saturated rings. The van der Waals surface area contributed by atoms with E-state index >= 15 is 0 Å². The van der Waals surface area contributed by atoms with Crippen molar-refractivity contribution in [3.63, 3.8) is 0 Å². The van der Waals surface area contributed by atoms with Gasteiger partial charge in [-0.25, -0.2) is 0 Å². The van der Waals surface area contributed by atoms with Crippen LogP contribution >= 0.6 is 0 Å². The summed E-state index contributed by atoms with van der Waals surface area (Å²) in [6.45, 7) is 7.78. The first-order chi connectivity index (χ1) is 5.57. The second-order valence-corrected chi connectivity index (χ2v) is 3.51. The Bertz CT molecular complexity index is 150. The standard InChI is InChI=1S/C10H18O2/c1-4-9(10(11)12)7-5-6-8(2)3/h4,8-9H,1,5-7H2,2-3H3,(H,11,12). The van der Waals surface area contributed by atoms with Gasteiger partial charge in [0.25, 0.3) is 0 Å². The third kappa shape index (κ3) is 4.94. The van der Waals surface area contributed by atoms with Crippen LogP contribution in [0.1, 0.15) is 33.1 Å². The molecule has 0 spiro atoms. The summed E-state index contributed by atoms with van der Waals surface area (Å²) in [5.41, 5.74) is 0. The largest absolute Gasteiger partial charge is 0.481 e. The SMILES string of the molecule is C=CC(CCCC(C)C)C(=O)O. The minimum absolute atomic E-state index is 0.358. The van der Waals surface area contributed by atoms with Gasteiger partial charge < -0.3 is 5.11 Å². The molecule has 0 rings (SSSR count). The van der Waals surface area contributed by atoms with Gasteiger partial charge >= 0.3 is 5.97 Å². The van der Waals surface area contributed by atoms with Crippen LogP contribution < -0.4 is 0 Å². The Labute approximate surface area is 74.3 Å². The van der Waals surface area contributed by atoms with Crippen LogP contribution in [0.25, 0.3) is 0 Å². The van der Waals surface area contributed by atoms with Gasteiger partial charge in [0.15, 0.2) is 0 Å². The van der Waals surface area contributed by atoms with Gasteiger partial charge in [0, 0.05) is 0 Å². The highest BCUT2D eigenvalue weighted by Crippen LogP contribution is 2.13. The maximum Gasteiger partial charge on any atom is 0.310 e. The summed E-state index contributed by atoms with van der Waals surface area (Å²) >= 11 is 0. The Morgan fingerprint density at radius 1 is 1.50 bits per heavy atom. The Balaban J connectivity index is 3.59. The molecule has 0 heterocycles. The number of rotatable bonds is 6. The minimum atomic E-state index is -0.756. The quantitative estimate of drug-likeness (QED) is 0.622. The van der Waals surface area contributed by atoms with Crippen LogP contribution in [0.15, 0.2) is 12.7 Å². The Kier molecular flexibility index (Phi) is 5.43. The van der Waals surface area contributed by atoms with E-state index in [-0.39, 0.29) is 5.92 Å². The lowest BCUT2D eigenvalue weighted by molar-refractivity contribution is -0.140. The summed E-state index contributed by atoms with van der Waals surface area (Å²) in [6.07, 6.45) is 4.30. The van der Waals surface area contributed by atoms with Crippen molar-refractivity contribution in [2.45, 2.75) is 33.1 Å². The van der Waals surface area contributed by atoms with Gasteiger partial charge in [0.2, 0.25) is 0 Å². The molecule has 1 N–H and O–H groups in total. The zero-order valence-corrected chi connectivity index (χ0v) is 7.92. The molecule has 0 aromatic carbocycles. The van der Waals surface area contributed by atoms with E-state index in [4.69, 9.17) is 5.11 Å². The molecule has 0 aliphatic heterocycles. The molecule has 0 saturated heterocycles. The third-order valence-corrected chi connectivity index (χ3v) is 1.90. The van der Waals surface area contributed by atoms with Gasteiger partial charge in [0.05, 0.1) is 5.92 Å². The molecule has 0 aromatic heterocycles. The molecule has 0 radical (unpaired) electrons. The van der Waals surface area contributed by atoms with Gasteiger partial charge in [-0.15, -0.1) is 6.58 Å². The number of carbonyl (C=O) groups is 1. The van der Waals surface area contributed by atoms with Crippen molar-refractivity contribution >= 4 is 5.97 Å². The second kappa shape index (κ2) is 5.81. The van der Waals surface area contributed by atoms with E-state index in [9.17, 15) is 4.79 Å². The molecular formula is C10H18O2. The average molecular weight is 170 g/mol. The molecule has 1 atom stereocenters. The van der Waals surface area contributed by atoms with Crippen molar-refractivity contribution < 1.29 is 9.90 Å². The lowest BCUT2D eigenvalue weighted by Crippen LogP contribution is -2.10. The van der Waals surface area contributed by atoms with Crippen molar-refractivity contribution in [1.29, 1.82) is 0 Å². The van der Waals surface area contributed by atoms with Gasteiger partial charge in [-0.05, 0) is 12.3 Å². The number of aliphatic carboxylic acids is 1. The highest BCUT2D eigenvalue weighted by molar-refractivity contribution is 5.71. The molecule has 2 nitrogen and oxygen atoms in total. The Morgan fingerprint density at radius 2 is 2.08 bits per heavy atom. The number of hydrogen-bond donors (Lipinski definition) is 1. The predicted molar refractivity (Wildman–Crippen MR) is 50.0 cm³/mol. The normalized spacial score (nSPS) is 12.9. The first-order valence-corrected chi connectivity index (χ1v) is 4.43. The second-order valence-electron chi connectivity index (χ2n) is 3.51. The van der Waals surface area contributed by atoms with Gasteiger partial charge in [-0.2, -0.15) is 0 Å². The zero-order valence-electron chi connectivity index (χ0n) is 7.92. The summed E-state index contributed by atoms with van der Waals surface area (Å²) in [6, 6.07) is 0. The highest BCUT2D eigenvalue weighted by Gasteiger charge is 2.12. The lowest BCUT2D eigenvalue weighted by Gasteiger charge is -2.07. The van der Waals surface area contributed by atoms with E-state index in [2.05, 4.69) is 20.4 Å². The third-order valence-electron chi connectivity index (χ3n) is 1.90. The predicted octanol–water partition coefficient (Wildman–Crippen LogP) is 2.70. The van der Waals surface area contributed by atoms with Crippen LogP contribution in [-0.4, -0.2) is 11.1 Å². The molecule has 2 heteroatoms. The fraction of sp³-hybridized carbons (Fsp3) is 0.700. The van der Waals surface area contributed by atoms with Gasteiger partial charge in [-0.1, -0.05) is 32.8 Å². The van der Waals surface area contributed by atoms with E-state index in [1.165, 1.54) is 6.08 Å². The Hall–Kier alpha value is -0.790. The molecule has 12 heavy (non-hydrogen) atoms. The van der Waals surface area contributed by atoms with Crippen LogP contribution in [0, 0.1) is 11.8 Å². The summed E-state index contributed by atoms with van der Waals surface area (Å²) in [4.78, 5) is 10.5. The number of carboxylic acids is 1.